The Labute approximate surface area is 107 Å². The molecule has 1 aromatic carbocycles. The highest BCUT2D eigenvalue weighted by molar-refractivity contribution is 5.99. The molecule has 0 spiro atoms. The summed E-state index contributed by atoms with van der Waals surface area (Å²) in [6, 6.07) is 1.92. The third-order valence-corrected chi connectivity index (χ3v) is 3.11. The molecule has 7 heteroatoms. The molecule has 19 heavy (non-hydrogen) atoms. The van der Waals surface area contributed by atoms with E-state index in [2.05, 4.69) is 5.32 Å². The molecule has 5 nitrogen and oxygen atoms in total. The van der Waals surface area contributed by atoms with Crippen molar-refractivity contribution in [2.24, 2.45) is 5.92 Å². The maximum absolute atomic E-state index is 13.9. The summed E-state index contributed by atoms with van der Waals surface area (Å²) in [5.74, 6) is -6.58. The molecule has 1 aliphatic rings. The predicted molar refractivity (Wildman–Crippen MR) is 59.8 cm³/mol. The van der Waals surface area contributed by atoms with Crippen LogP contribution in [0.2, 0.25) is 0 Å². The Kier molecular flexibility index (Phi) is 3.37. The van der Waals surface area contributed by atoms with Gasteiger partial charge in [0.1, 0.15) is 23.3 Å². The average Bonchev–Trinajstić information content (AvgIpc) is 2.70. The van der Waals surface area contributed by atoms with Crippen molar-refractivity contribution < 1.29 is 28.2 Å². The Bertz CT molecular complexity index is 524. The van der Waals surface area contributed by atoms with Crippen LogP contribution in [-0.4, -0.2) is 30.6 Å². The number of amides is 1. The predicted octanol–water partition coefficient (Wildman–Crippen LogP) is 0.888. The Morgan fingerprint density at radius 3 is 2.47 bits per heavy atom. The van der Waals surface area contributed by atoms with Crippen molar-refractivity contribution in [2.75, 3.05) is 13.7 Å². The van der Waals surface area contributed by atoms with Crippen molar-refractivity contribution >= 4 is 11.9 Å². The topological polar surface area (TPSA) is 75.6 Å². The van der Waals surface area contributed by atoms with Crippen molar-refractivity contribution in [3.05, 3.63) is 29.3 Å². The van der Waals surface area contributed by atoms with Crippen molar-refractivity contribution in [3.63, 3.8) is 0 Å². The summed E-state index contributed by atoms with van der Waals surface area (Å²) in [5, 5.41) is 11.3. The number of hydrogen-bond donors (Lipinski definition) is 2. The number of rotatable bonds is 3. The zero-order valence-electron chi connectivity index (χ0n) is 9.94. The third-order valence-electron chi connectivity index (χ3n) is 3.11. The zero-order chi connectivity index (χ0) is 14.2. The lowest BCUT2D eigenvalue weighted by Crippen LogP contribution is -2.27. The highest BCUT2D eigenvalue weighted by atomic mass is 19.1. The van der Waals surface area contributed by atoms with Crippen LogP contribution in [0, 0.1) is 17.6 Å². The van der Waals surface area contributed by atoms with E-state index in [-0.39, 0.29) is 12.3 Å². The van der Waals surface area contributed by atoms with E-state index >= 15 is 0 Å². The van der Waals surface area contributed by atoms with E-state index in [1.165, 1.54) is 7.11 Å². The van der Waals surface area contributed by atoms with Gasteiger partial charge < -0.3 is 15.2 Å². The van der Waals surface area contributed by atoms with Crippen molar-refractivity contribution in [1.29, 1.82) is 0 Å². The molecule has 1 aliphatic heterocycles. The van der Waals surface area contributed by atoms with Gasteiger partial charge in [-0.25, -0.2) is 8.78 Å². The highest BCUT2D eigenvalue weighted by Gasteiger charge is 2.43. The second-order valence-electron chi connectivity index (χ2n) is 4.17. The lowest BCUT2D eigenvalue weighted by molar-refractivity contribution is -0.145. The van der Waals surface area contributed by atoms with Crippen molar-refractivity contribution in [3.8, 4) is 5.75 Å². The van der Waals surface area contributed by atoms with Crippen LogP contribution in [0.15, 0.2) is 12.1 Å². The van der Waals surface area contributed by atoms with E-state index in [9.17, 15) is 18.4 Å². The molecule has 1 fully saturated rings. The molecule has 1 aromatic rings. The number of hydrogen-bond acceptors (Lipinski definition) is 3. The number of aliphatic carboxylic acids is 1. The monoisotopic (exact) mass is 271 g/mol. The Balaban J connectivity index is 2.47. The first-order chi connectivity index (χ1) is 8.95. The van der Waals surface area contributed by atoms with E-state index in [1.54, 1.807) is 0 Å². The summed E-state index contributed by atoms with van der Waals surface area (Å²) in [4.78, 5) is 22.4. The van der Waals surface area contributed by atoms with Gasteiger partial charge in [0.25, 0.3) is 0 Å². The van der Waals surface area contributed by atoms with Gasteiger partial charge in [-0.1, -0.05) is 0 Å². The molecule has 0 aliphatic carbocycles. The summed E-state index contributed by atoms with van der Waals surface area (Å²) in [5.41, 5.74) is -0.411. The molecule has 0 bridgehead atoms. The molecule has 102 valence electrons. The first kappa shape index (κ1) is 13.3. The van der Waals surface area contributed by atoms with Crippen LogP contribution in [0.5, 0.6) is 5.75 Å². The highest BCUT2D eigenvalue weighted by Crippen LogP contribution is 2.34. The van der Waals surface area contributed by atoms with Crippen molar-refractivity contribution in [1.82, 2.24) is 5.32 Å². The van der Waals surface area contributed by atoms with Crippen LogP contribution >= 0.6 is 0 Å². The number of halogens is 2. The minimum atomic E-state index is -1.49. The van der Waals surface area contributed by atoms with E-state index in [4.69, 9.17) is 9.84 Å². The van der Waals surface area contributed by atoms with Gasteiger partial charge in [0, 0.05) is 30.2 Å². The molecule has 1 amide bonds. The normalized spacial score (nSPS) is 22.2. The molecule has 1 unspecified atom stereocenters. The first-order valence-corrected chi connectivity index (χ1v) is 5.49. The van der Waals surface area contributed by atoms with Crippen LogP contribution in [0.1, 0.15) is 11.5 Å². The second-order valence-corrected chi connectivity index (χ2v) is 4.17. The molecular formula is C12H11F2NO4. The first-order valence-electron chi connectivity index (χ1n) is 5.49. The molecule has 0 aromatic heterocycles. The minimum absolute atomic E-state index is 0.0112. The fourth-order valence-electron chi connectivity index (χ4n) is 2.21. The lowest BCUT2D eigenvalue weighted by Gasteiger charge is -2.16. The number of carboxylic acid groups (broad SMARTS) is 1. The van der Waals surface area contributed by atoms with Gasteiger partial charge >= 0.3 is 5.97 Å². The molecule has 0 saturated carbocycles. The van der Waals surface area contributed by atoms with Gasteiger partial charge in [-0.05, 0) is 0 Å². The second kappa shape index (κ2) is 4.83. The Morgan fingerprint density at radius 2 is 2.00 bits per heavy atom. The third kappa shape index (κ3) is 2.23. The number of carboxylic acids is 1. The number of benzene rings is 1. The summed E-state index contributed by atoms with van der Waals surface area (Å²) in [6.45, 7) is -0.115. The number of nitrogens with one attached hydrogen (secondary N) is 1. The number of carbonyl (C=O) groups is 2. The molecule has 2 atom stereocenters. The molecule has 1 saturated heterocycles. The summed E-state index contributed by atoms with van der Waals surface area (Å²) in [6.07, 6.45) is 0. The SMILES string of the molecule is COc1cc(F)c(C2CNC(=O)[C@@H]2C(=O)O)c(F)c1. The van der Waals surface area contributed by atoms with Gasteiger partial charge in [-0.15, -0.1) is 0 Å². The Morgan fingerprint density at radius 1 is 1.42 bits per heavy atom. The van der Waals surface area contributed by atoms with Crippen LogP contribution in [0.4, 0.5) is 8.78 Å². The standard InChI is InChI=1S/C12H11F2NO4/c1-19-5-2-7(13)9(8(14)3-5)6-4-15-11(16)10(6)12(17)18/h2-3,6,10H,4H2,1H3,(H,15,16)(H,17,18)/t6?,10-/m1/s1. The van der Waals surface area contributed by atoms with E-state index < -0.39 is 40.9 Å². The fraction of sp³-hybridized carbons (Fsp3) is 0.333. The maximum atomic E-state index is 13.9. The summed E-state index contributed by atoms with van der Waals surface area (Å²) in [7, 11) is 1.26. The van der Waals surface area contributed by atoms with Gasteiger partial charge in [-0.3, -0.25) is 9.59 Å². The number of methoxy groups -OCH3 is 1. The molecule has 1 heterocycles. The van der Waals surface area contributed by atoms with E-state index in [1.807, 2.05) is 0 Å². The molecule has 0 radical (unpaired) electrons. The van der Waals surface area contributed by atoms with Gasteiger partial charge in [0.05, 0.1) is 7.11 Å². The number of ether oxygens (including phenoxy) is 1. The van der Waals surface area contributed by atoms with Gasteiger partial charge in [-0.2, -0.15) is 0 Å². The largest absolute Gasteiger partial charge is 0.497 e. The molecule has 2 rings (SSSR count). The number of carbonyl (C=O) groups excluding carboxylic acids is 1. The van der Waals surface area contributed by atoms with Crippen molar-refractivity contribution in [2.45, 2.75) is 5.92 Å². The maximum Gasteiger partial charge on any atom is 0.316 e. The fourth-order valence-corrected chi connectivity index (χ4v) is 2.21. The van der Waals surface area contributed by atoms with Crippen LogP contribution in [0.25, 0.3) is 0 Å². The zero-order valence-corrected chi connectivity index (χ0v) is 9.94. The van der Waals surface area contributed by atoms with Crippen LogP contribution < -0.4 is 10.1 Å². The molecular weight excluding hydrogens is 260 g/mol. The minimum Gasteiger partial charge on any atom is -0.497 e. The summed E-state index contributed by atoms with van der Waals surface area (Å²) < 4.78 is 32.4. The summed E-state index contributed by atoms with van der Waals surface area (Å²) >= 11 is 0. The van der Waals surface area contributed by atoms with Gasteiger partial charge in [0.2, 0.25) is 5.91 Å². The quantitative estimate of drug-likeness (QED) is 0.800. The smallest absolute Gasteiger partial charge is 0.316 e. The van der Waals surface area contributed by atoms with Crippen LogP contribution in [-0.2, 0) is 9.59 Å². The van der Waals surface area contributed by atoms with Crippen LogP contribution in [0.3, 0.4) is 0 Å². The van der Waals surface area contributed by atoms with E-state index in [0.29, 0.717) is 0 Å². The molecule has 2 N–H and O–H groups in total. The Hall–Kier alpha value is -2.18. The lowest BCUT2D eigenvalue weighted by atomic mass is 9.88. The van der Waals surface area contributed by atoms with Gasteiger partial charge in [0.15, 0.2) is 0 Å². The average molecular weight is 271 g/mol. The van der Waals surface area contributed by atoms with E-state index in [0.717, 1.165) is 12.1 Å².